The number of carbonyl (C=O) groups excluding carboxylic acids is 1. The molecule has 4 heteroatoms. The van der Waals surface area contributed by atoms with E-state index in [1.54, 1.807) is 4.90 Å². The van der Waals surface area contributed by atoms with Gasteiger partial charge in [0.05, 0.1) is 5.41 Å². The predicted molar refractivity (Wildman–Crippen MR) is 125 cm³/mol. The van der Waals surface area contributed by atoms with E-state index in [9.17, 15) is 4.79 Å². The third-order valence-corrected chi connectivity index (χ3v) is 6.38. The maximum Gasteiger partial charge on any atom is 0.228 e. The van der Waals surface area contributed by atoms with E-state index in [1.807, 2.05) is 38.6 Å². The third kappa shape index (κ3) is 5.02. The standard InChI is InChI=1S/C27H31N3O/c1-29(2)26(31)27(13-16-30(17-14-27)21-23-9-7-15-28-20-23)19-22-8-6-12-25(18-22)24-10-4-3-5-11-24/h3-12,15,18,20H,13-14,16-17,19,21H2,1-2H3. The second kappa shape index (κ2) is 9.44. The SMILES string of the molecule is CN(C)C(=O)C1(Cc2cccc(-c3ccccc3)c2)CCN(Cc2cccnc2)CC1. The van der Waals surface area contributed by atoms with Gasteiger partial charge in [0.15, 0.2) is 0 Å². The lowest BCUT2D eigenvalue weighted by molar-refractivity contribution is -0.142. The van der Waals surface area contributed by atoms with Crippen molar-refractivity contribution in [2.45, 2.75) is 25.8 Å². The van der Waals surface area contributed by atoms with Crippen LogP contribution in [-0.2, 0) is 17.8 Å². The van der Waals surface area contributed by atoms with Gasteiger partial charge in [-0.05, 0) is 60.7 Å². The van der Waals surface area contributed by atoms with Crippen molar-refractivity contribution in [1.82, 2.24) is 14.8 Å². The molecule has 1 fully saturated rings. The van der Waals surface area contributed by atoms with Crippen molar-refractivity contribution in [3.8, 4) is 11.1 Å². The van der Waals surface area contributed by atoms with Crippen LogP contribution in [0.5, 0.6) is 0 Å². The first kappa shape index (κ1) is 21.3. The quantitative estimate of drug-likeness (QED) is 0.590. The second-order valence-corrected chi connectivity index (χ2v) is 8.86. The Balaban J connectivity index is 1.52. The van der Waals surface area contributed by atoms with Crippen molar-refractivity contribution >= 4 is 5.91 Å². The van der Waals surface area contributed by atoms with Crippen LogP contribution in [0.2, 0.25) is 0 Å². The molecule has 0 spiro atoms. The van der Waals surface area contributed by atoms with Crippen molar-refractivity contribution in [2.75, 3.05) is 27.2 Å². The Morgan fingerprint density at radius 2 is 1.65 bits per heavy atom. The van der Waals surface area contributed by atoms with Crippen LogP contribution in [0.3, 0.4) is 0 Å². The normalized spacial score (nSPS) is 16.1. The maximum atomic E-state index is 13.3. The first-order chi connectivity index (χ1) is 15.1. The van der Waals surface area contributed by atoms with Crippen LogP contribution in [0.4, 0.5) is 0 Å². The second-order valence-electron chi connectivity index (χ2n) is 8.86. The summed E-state index contributed by atoms with van der Waals surface area (Å²) in [6.45, 7) is 2.74. The zero-order valence-corrected chi connectivity index (χ0v) is 18.5. The molecule has 31 heavy (non-hydrogen) atoms. The maximum absolute atomic E-state index is 13.3. The number of carbonyl (C=O) groups is 1. The van der Waals surface area contributed by atoms with E-state index in [1.165, 1.54) is 22.3 Å². The minimum atomic E-state index is -0.343. The van der Waals surface area contributed by atoms with Crippen molar-refractivity contribution in [1.29, 1.82) is 0 Å². The fraction of sp³-hybridized carbons (Fsp3) is 0.333. The van der Waals surface area contributed by atoms with Gasteiger partial charge in [-0.15, -0.1) is 0 Å². The Labute approximate surface area is 185 Å². The summed E-state index contributed by atoms with van der Waals surface area (Å²) in [5.41, 5.74) is 4.54. The molecular weight excluding hydrogens is 382 g/mol. The lowest BCUT2D eigenvalue weighted by Crippen LogP contribution is -2.49. The summed E-state index contributed by atoms with van der Waals surface area (Å²) >= 11 is 0. The van der Waals surface area contributed by atoms with Gasteiger partial charge in [0, 0.05) is 33.0 Å². The molecule has 0 bridgehead atoms. The summed E-state index contributed by atoms with van der Waals surface area (Å²) in [5, 5.41) is 0. The van der Waals surface area contributed by atoms with Gasteiger partial charge < -0.3 is 4.90 Å². The number of likely N-dealkylation sites (tertiary alicyclic amines) is 1. The molecule has 0 aliphatic carbocycles. The Morgan fingerprint density at radius 3 is 2.32 bits per heavy atom. The molecule has 1 aliphatic rings. The van der Waals surface area contributed by atoms with Gasteiger partial charge in [-0.1, -0.05) is 60.7 Å². The highest BCUT2D eigenvalue weighted by atomic mass is 16.2. The predicted octanol–water partition coefficient (Wildman–Crippen LogP) is 4.66. The summed E-state index contributed by atoms with van der Waals surface area (Å²) < 4.78 is 0. The summed E-state index contributed by atoms with van der Waals surface area (Å²) in [5.74, 6) is 0.249. The van der Waals surface area contributed by atoms with E-state index < -0.39 is 0 Å². The van der Waals surface area contributed by atoms with E-state index in [2.05, 4.69) is 64.5 Å². The highest BCUT2D eigenvalue weighted by molar-refractivity contribution is 5.83. The number of hydrogen-bond acceptors (Lipinski definition) is 3. The van der Waals surface area contributed by atoms with Gasteiger partial charge in [-0.25, -0.2) is 0 Å². The zero-order chi connectivity index (χ0) is 21.7. The highest BCUT2D eigenvalue weighted by Gasteiger charge is 2.42. The largest absolute Gasteiger partial charge is 0.348 e. The molecule has 4 rings (SSSR count). The van der Waals surface area contributed by atoms with Crippen molar-refractivity contribution in [2.24, 2.45) is 5.41 Å². The molecule has 0 atom stereocenters. The molecule has 1 saturated heterocycles. The summed E-state index contributed by atoms with van der Waals surface area (Å²) in [6.07, 6.45) is 6.27. The first-order valence-electron chi connectivity index (χ1n) is 11.0. The van der Waals surface area contributed by atoms with Crippen LogP contribution in [0, 0.1) is 5.41 Å². The molecule has 4 nitrogen and oxygen atoms in total. The molecule has 0 saturated carbocycles. The fourth-order valence-electron chi connectivity index (χ4n) is 4.71. The monoisotopic (exact) mass is 413 g/mol. The van der Waals surface area contributed by atoms with Crippen molar-refractivity contribution < 1.29 is 4.79 Å². The molecule has 1 amide bonds. The van der Waals surface area contributed by atoms with Crippen LogP contribution in [-0.4, -0.2) is 47.9 Å². The Hall–Kier alpha value is -2.98. The average molecular weight is 414 g/mol. The van der Waals surface area contributed by atoms with Crippen LogP contribution in [0.25, 0.3) is 11.1 Å². The first-order valence-corrected chi connectivity index (χ1v) is 11.0. The van der Waals surface area contributed by atoms with Gasteiger partial charge in [-0.2, -0.15) is 0 Å². The van der Waals surface area contributed by atoms with Gasteiger partial charge in [0.1, 0.15) is 0 Å². The molecule has 160 valence electrons. The third-order valence-electron chi connectivity index (χ3n) is 6.38. The van der Waals surface area contributed by atoms with Crippen molar-refractivity contribution in [3.63, 3.8) is 0 Å². The number of rotatable bonds is 6. The lowest BCUT2D eigenvalue weighted by Gasteiger charge is -2.42. The molecule has 1 aromatic heterocycles. The van der Waals surface area contributed by atoms with Crippen LogP contribution in [0.1, 0.15) is 24.0 Å². The molecule has 0 N–H and O–H groups in total. The molecule has 2 aromatic carbocycles. The van der Waals surface area contributed by atoms with E-state index >= 15 is 0 Å². The summed E-state index contributed by atoms with van der Waals surface area (Å²) in [6, 6.07) is 23.2. The van der Waals surface area contributed by atoms with E-state index in [4.69, 9.17) is 0 Å². The number of aromatic nitrogens is 1. The van der Waals surface area contributed by atoms with Gasteiger partial charge in [-0.3, -0.25) is 14.7 Å². The minimum absolute atomic E-state index is 0.249. The van der Waals surface area contributed by atoms with E-state index in [-0.39, 0.29) is 11.3 Å². The van der Waals surface area contributed by atoms with Crippen LogP contribution in [0.15, 0.2) is 79.1 Å². The zero-order valence-electron chi connectivity index (χ0n) is 18.5. The number of nitrogens with zero attached hydrogens (tertiary/aromatic N) is 3. The topological polar surface area (TPSA) is 36.4 Å². The lowest BCUT2D eigenvalue weighted by atomic mass is 9.72. The minimum Gasteiger partial charge on any atom is -0.348 e. The number of piperidine rings is 1. The number of pyridine rings is 1. The molecule has 0 radical (unpaired) electrons. The molecule has 1 aliphatic heterocycles. The Kier molecular flexibility index (Phi) is 6.47. The van der Waals surface area contributed by atoms with Gasteiger partial charge in [0.2, 0.25) is 5.91 Å². The highest BCUT2D eigenvalue weighted by Crippen LogP contribution is 2.38. The molecule has 2 heterocycles. The molecule has 3 aromatic rings. The fourth-order valence-corrected chi connectivity index (χ4v) is 4.71. The number of benzene rings is 2. The van der Waals surface area contributed by atoms with Crippen LogP contribution >= 0.6 is 0 Å². The van der Waals surface area contributed by atoms with Gasteiger partial charge in [0.25, 0.3) is 0 Å². The molecular formula is C27H31N3O. The van der Waals surface area contributed by atoms with E-state index in [0.29, 0.717) is 0 Å². The van der Waals surface area contributed by atoms with Crippen LogP contribution < -0.4 is 0 Å². The van der Waals surface area contributed by atoms with Crippen molar-refractivity contribution in [3.05, 3.63) is 90.3 Å². The average Bonchev–Trinajstić information content (AvgIpc) is 2.81. The van der Waals surface area contributed by atoms with E-state index in [0.717, 1.165) is 38.9 Å². The number of hydrogen-bond donors (Lipinski definition) is 0. The smallest absolute Gasteiger partial charge is 0.228 e. The van der Waals surface area contributed by atoms with Gasteiger partial charge >= 0.3 is 0 Å². The molecule has 0 unspecified atom stereocenters. The Morgan fingerprint density at radius 1 is 0.935 bits per heavy atom. The Bertz CT molecular complexity index is 993. The number of amides is 1. The summed E-state index contributed by atoms with van der Waals surface area (Å²) in [7, 11) is 3.76. The summed E-state index contributed by atoms with van der Waals surface area (Å²) in [4.78, 5) is 21.8.